The molecular formula is C32H30ClF2N7. The number of allylic oxidation sites excluding steroid dienone is 5. The number of rotatable bonds is 5. The maximum atomic E-state index is 14.8. The van der Waals surface area contributed by atoms with Crippen LogP contribution in [0.25, 0.3) is 11.1 Å². The van der Waals surface area contributed by atoms with Gasteiger partial charge in [-0.25, -0.2) is 23.7 Å². The van der Waals surface area contributed by atoms with Crippen LogP contribution in [0.1, 0.15) is 35.2 Å². The van der Waals surface area contributed by atoms with Gasteiger partial charge in [0.05, 0.1) is 11.3 Å². The van der Waals surface area contributed by atoms with E-state index in [1.165, 1.54) is 24.3 Å². The third-order valence-corrected chi connectivity index (χ3v) is 8.17. The minimum Gasteiger partial charge on any atom is -0.356 e. The van der Waals surface area contributed by atoms with E-state index in [0.29, 0.717) is 46.7 Å². The number of benzene rings is 2. The first-order chi connectivity index (χ1) is 20.3. The second-order valence-corrected chi connectivity index (χ2v) is 11.2. The van der Waals surface area contributed by atoms with E-state index in [-0.39, 0.29) is 10.7 Å². The Morgan fingerprint density at radius 1 is 1.02 bits per heavy atom. The molecule has 1 aromatic heterocycles. The van der Waals surface area contributed by atoms with Crippen LogP contribution in [-0.4, -0.2) is 64.0 Å². The van der Waals surface area contributed by atoms with Crippen molar-refractivity contribution in [3.8, 4) is 0 Å². The maximum absolute atomic E-state index is 14.8. The van der Waals surface area contributed by atoms with E-state index in [4.69, 9.17) is 22.0 Å². The largest absolute Gasteiger partial charge is 0.356 e. The highest BCUT2D eigenvalue weighted by molar-refractivity contribution is 6.69. The van der Waals surface area contributed by atoms with Crippen molar-refractivity contribution >= 4 is 45.4 Å². The van der Waals surface area contributed by atoms with Crippen molar-refractivity contribution in [3.05, 3.63) is 107 Å². The van der Waals surface area contributed by atoms with Gasteiger partial charge in [0.25, 0.3) is 0 Å². The molecule has 1 fully saturated rings. The Kier molecular flexibility index (Phi) is 7.70. The molecule has 1 aliphatic carbocycles. The number of halogens is 3. The molecule has 214 valence electrons. The molecule has 0 spiro atoms. The summed E-state index contributed by atoms with van der Waals surface area (Å²) in [5.41, 5.74) is 4.46. The number of amidine groups is 1. The Morgan fingerprint density at radius 2 is 1.74 bits per heavy atom. The molecule has 2 aliphatic heterocycles. The monoisotopic (exact) mass is 585 g/mol. The van der Waals surface area contributed by atoms with E-state index in [0.717, 1.165) is 42.7 Å². The number of aromatic nitrogens is 2. The van der Waals surface area contributed by atoms with Crippen LogP contribution < -0.4 is 5.32 Å². The summed E-state index contributed by atoms with van der Waals surface area (Å²) in [5.74, 6) is -0.472. The van der Waals surface area contributed by atoms with Gasteiger partial charge in [-0.05, 0) is 87.0 Å². The SMILES string of the molecule is CN(C)C1CCN(C(=N)c2ccc(Nc3ncc4c(n3)C3=CN=C(Cl)C=C(c5c(F)cccc5F)C3=CC4)cc2)CC1. The first kappa shape index (κ1) is 27.9. The number of hydrogen-bond donors (Lipinski definition) is 2. The van der Waals surface area contributed by atoms with Crippen LogP contribution in [0, 0.1) is 17.0 Å². The third-order valence-electron chi connectivity index (χ3n) is 7.96. The second kappa shape index (κ2) is 11.6. The first-order valence-corrected chi connectivity index (χ1v) is 14.2. The Balaban J connectivity index is 1.22. The molecule has 3 aromatic rings. The molecule has 10 heteroatoms. The molecular weight excluding hydrogens is 556 g/mol. The van der Waals surface area contributed by atoms with Gasteiger partial charge in [-0.3, -0.25) is 5.41 Å². The summed E-state index contributed by atoms with van der Waals surface area (Å²) in [6, 6.07) is 12.0. The number of fused-ring (bicyclic) bond motifs is 3. The Labute approximate surface area is 248 Å². The predicted molar refractivity (Wildman–Crippen MR) is 164 cm³/mol. The highest BCUT2D eigenvalue weighted by atomic mass is 35.5. The smallest absolute Gasteiger partial charge is 0.227 e. The van der Waals surface area contributed by atoms with E-state index < -0.39 is 11.6 Å². The molecule has 0 bridgehead atoms. The number of piperidine rings is 1. The average molecular weight is 586 g/mol. The molecule has 2 aromatic carbocycles. The van der Waals surface area contributed by atoms with Crippen LogP contribution >= 0.6 is 11.6 Å². The standard InChI is InChI=1S/C32H30ClF2N7/c1-41(2)22-12-14-42(15-13-22)31(36)19-6-9-21(10-7-19)39-32-38-17-20-8-11-23-24(29-26(34)4-3-5-27(29)35)16-28(33)37-18-25(23)30(20)40-32/h3-7,9-11,16-18,22,36H,8,12-15H2,1-2H3,(H,38,39,40). The molecule has 1 saturated heterocycles. The lowest BCUT2D eigenvalue weighted by atomic mass is 9.84. The molecule has 7 nitrogen and oxygen atoms in total. The van der Waals surface area contributed by atoms with Crippen molar-refractivity contribution in [1.82, 2.24) is 19.8 Å². The molecule has 0 amide bonds. The van der Waals surface area contributed by atoms with E-state index in [9.17, 15) is 8.78 Å². The number of anilines is 2. The quantitative estimate of drug-likeness (QED) is 0.267. The topological polar surface area (TPSA) is 80.5 Å². The summed E-state index contributed by atoms with van der Waals surface area (Å²) in [5, 5.41) is 12.1. The average Bonchev–Trinajstić information content (AvgIpc) is 3.16. The molecule has 42 heavy (non-hydrogen) atoms. The minimum absolute atomic E-state index is 0.108. The van der Waals surface area contributed by atoms with Gasteiger partial charge in [0.2, 0.25) is 5.95 Å². The van der Waals surface area contributed by atoms with Crippen molar-refractivity contribution in [2.45, 2.75) is 25.3 Å². The lowest BCUT2D eigenvalue weighted by molar-refractivity contribution is 0.191. The molecule has 0 atom stereocenters. The van der Waals surface area contributed by atoms with E-state index in [1.54, 1.807) is 12.4 Å². The van der Waals surface area contributed by atoms with Crippen LogP contribution in [0.2, 0.25) is 0 Å². The summed E-state index contributed by atoms with van der Waals surface area (Å²) in [7, 11) is 4.22. The Hall–Kier alpha value is -4.21. The van der Waals surface area contributed by atoms with Gasteiger partial charge in [-0.2, -0.15) is 0 Å². The second-order valence-electron chi connectivity index (χ2n) is 10.8. The van der Waals surface area contributed by atoms with E-state index >= 15 is 0 Å². The van der Waals surface area contributed by atoms with Gasteiger partial charge in [0.1, 0.15) is 22.6 Å². The molecule has 3 aliphatic rings. The van der Waals surface area contributed by atoms with Gasteiger partial charge in [-0.1, -0.05) is 23.7 Å². The van der Waals surface area contributed by atoms with Crippen LogP contribution in [0.15, 0.2) is 77.6 Å². The van der Waals surface area contributed by atoms with Gasteiger partial charge >= 0.3 is 0 Å². The van der Waals surface area contributed by atoms with E-state index in [2.05, 4.69) is 39.2 Å². The highest BCUT2D eigenvalue weighted by Crippen LogP contribution is 2.41. The highest BCUT2D eigenvalue weighted by Gasteiger charge is 2.28. The summed E-state index contributed by atoms with van der Waals surface area (Å²) in [4.78, 5) is 17.9. The van der Waals surface area contributed by atoms with Gasteiger partial charge in [0.15, 0.2) is 0 Å². The van der Waals surface area contributed by atoms with Crippen LogP contribution in [0.5, 0.6) is 0 Å². The van der Waals surface area contributed by atoms with Crippen molar-refractivity contribution in [3.63, 3.8) is 0 Å². The lowest BCUT2D eigenvalue weighted by Crippen LogP contribution is -2.44. The normalized spacial score (nSPS) is 17.0. The predicted octanol–water partition coefficient (Wildman–Crippen LogP) is 6.41. The Morgan fingerprint density at radius 3 is 2.43 bits per heavy atom. The summed E-state index contributed by atoms with van der Waals surface area (Å²) in [6.07, 6.45) is 9.26. The molecule has 3 heterocycles. The lowest BCUT2D eigenvalue weighted by Gasteiger charge is -2.36. The molecule has 2 N–H and O–H groups in total. The molecule has 0 saturated carbocycles. The fourth-order valence-corrected chi connectivity index (χ4v) is 5.79. The number of likely N-dealkylation sites (tertiary alicyclic amines) is 1. The van der Waals surface area contributed by atoms with Gasteiger partial charge in [0, 0.05) is 53.9 Å². The zero-order valence-electron chi connectivity index (χ0n) is 23.3. The summed E-state index contributed by atoms with van der Waals surface area (Å²) < 4.78 is 29.6. The number of aliphatic imine (C=N–C) groups is 1. The first-order valence-electron chi connectivity index (χ1n) is 13.8. The van der Waals surface area contributed by atoms with Crippen molar-refractivity contribution < 1.29 is 8.78 Å². The van der Waals surface area contributed by atoms with Crippen molar-refractivity contribution in [2.75, 3.05) is 32.5 Å². The summed E-state index contributed by atoms with van der Waals surface area (Å²) >= 11 is 6.30. The molecule has 6 rings (SSSR count). The fraction of sp³-hybridized carbons (Fsp3) is 0.250. The minimum atomic E-state index is -0.682. The number of nitrogens with zero attached hydrogens (tertiary/aromatic N) is 5. The summed E-state index contributed by atoms with van der Waals surface area (Å²) in [6.45, 7) is 1.74. The van der Waals surface area contributed by atoms with Crippen LogP contribution in [-0.2, 0) is 6.42 Å². The number of hydrogen-bond acceptors (Lipinski definition) is 6. The fourth-order valence-electron chi connectivity index (χ4n) is 5.64. The molecule has 0 radical (unpaired) electrons. The third kappa shape index (κ3) is 5.49. The number of nitrogens with one attached hydrogen (secondary N) is 2. The van der Waals surface area contributed by atoms with Crippen LogP contribution in [0.3, 0.4) is 0 Å². The Bertz CT molecular complexity index is 1650. The van der Waals surface area contributed by atoms with Crippen molar-refractivity contribution in [1.29, 1.82) is 5.41 Å². The van der Waals surface area contributed by atoms with E-state index in [1.807, 2.05) is 30.3 Å². The van der Waals surface area contributed by atoms with Crippen LogP contribution in [0.4, 0.5) is 20.4 Å². The maximum Gasteiger partial charge on any atom is 0.227 e. The zero-order chi connectivity index (χ0) is 29.4. The van der Waals surface area contributed by atoms with Gasteiger partial charge < -0.3 is 15.1 Å². The van der Waals surface area contributed by atoms with Gasteiger partial charge in [-0.15, -0.1) is 0 Å². The zero-order valence-corrected chi connectivity index (χ0v) is 24.1. The van der Waals surface area contributed by atoms with Crippen molar-refractivity contribution in [2.24, 2.45) is 4.99 Å². The molecule has 0 unspecified atom stereocenters.